The van der Waals surface area contributed by atoms with E-state index in [1.54, 1.807) is 12.1 Å². The fraction of sp³-hybridized carbons (Fsp3) is 0.118. The van der Waals surface area contributed by atoms with Crippen molar-refractivity contribution in [3.8, 4) is 11.5 Å². The summed E-state index contributed by atoms with van der Waals surface area (Å²) in [6.45, 7) is 0. The number of rotatable bonds is 6. The minimum Gasteiger partial charge on any atom is -0.508 e. The summed E-state index contributed by atoms with van der Waals surface area (Å²) in [4.78, 5) is 33.9. The van der Waals surface area contributed by atoms with Crippen LogP contribution in [-0.4, -0.2) is 38.3 Å². The molecule has 8 nitrogen and oxygen atoms in total. The molecule has 0 spiro atoms. The first-order valence-corrected chi connectivity index (χ1v) is 7.15. The summed E-state index contributed by atoms with van der Waals surface area (Å²) in [6.07, 6.45) is -0.812. The Morgan fingerprint density at radius 1 is 0.840 bits per heavy atom. The predicted molar refractivity (Wildman–Crippen MR) is 86.8 cm³/mol. The first-order chi connectivity index (χ1) is 11.8. The number of aromatic hydroxyl groups is 2. The van der Waals surface area contributed by atoms with Gasteiger partial charge in [-0.15, -0.1) is 0 Å². The molecule has 0 aliphatic heterocycles. The van der Waals surface area contributed by atoms with E-state index in [4.69, 9.17) is 10.2 Å². The van der Waals surface area contributed by atoms with Gasteiger partial charge in [-0.3, -0.25) is 14.4 Å². The Labute approximate surface area is 142 Å². The van der Waals surface area contributed by atoms with Gasteiger partial charge in [-0.2, -0.15) is 0 Å². The van der Waals surface area contributed by atoms with Gasteiger partial charge in [0.15, 0.2) is 0 Å². The average molecular weight is 345 g/mol. The zero-order valence-electron chi connectivity index (χ0n) is 12.9. The molecular formula is C17H15NO7. The molecule has 5 N–H and O–H groups in total. The molecule has 0 aliphatic carbocycles. The predicted octanol–water partition coefficient (Wildman–Crippen LogP) is 1.60. The van der Waals surface area contributed by atoms with E-state index in [2.05, 4.69) is 5.32 Å². The molecule has 25 heavy (non-hydrogen) atoms. The van der Waals surface area contributed by atoms with Gasteiger partial charge >= 0.3 is 11.9 Å². The molecule has 0 radical (unpaired) electrons. The van der Waals surface area contributed by atoms with Gasteiger partial charge in [0.05, 0.1) is 18.4 Å². The Balaban J connectivity index is 2.29. The van der Waals surface area contributed by atoms with Crippen molar-refractivity contribution in [1.82, 2.24) is 0 Å². The summed E-state index contributed by atoms with van der Waals surface area (Å²) in [7, 11) is 0. The molecule has 0 unspecified atom stereocenters. The SMILES string of the molecule is O=C(O)Cc1cc(O)c(C(=O)Nc2ccccc2CC(=O)O)cc1O. The Morgan fingerprint density at radius 2 is 1.44 bits per heavy atom. The fourth-order valence-electron chi connectivity index (χ4n) is 2.26. The van der Waals surface area contributed by atoms with Crippen molar-refractivity contribution in [2.75, 3.05) is 5.32 Å². The van der Waals surface area contributed by atoms with Crippen LogP contribution >= 0.6 is 0 Å². The van der Waals surface area contributed by atoms with Gasteiger partial charge in [-0.1, -0.05) is 18.2 Å². The van der Waals surface area contributed by atoms with Crippen LogP contribution in [-0.2, 0) is 22.4 Å². The van der Waals surface area contributed by atoms with Crippen molar-refractivity contribution in [3.05, 3.63) is 53.1 Å². The van der Waals surface area contributed by atoms with Crippen LogP contribution in [0.2, 0.25) is 0 Å². The van der Waals surface area contributed by atoms with E-state index < -0.39 is 35.8 Å². The number of benzene rings is 2. The third-order valence-corrected chi connectivity index (χ3v) is 3.39. The van der Waals surface area contributed by atoms with Gasteiger partial charge in [0.25, 0.3) is 5.91 Å². The molecular weight excluding hydrogens is 330 g/mol. The van der Waals surface area contributed by atoms with Crippen molar-refractivity contribution in [2.45, 2.75) is 12.8 Å². The standard InChI is InChI=1S/C17H15NO7/c19-13-8-11(14(20)5-10(13)7-16(23)24)17(25)18-12-4-2-1-3-9(12)6-15(21)22/h1-5,8,19-20H,6-7H2,(H,18,25)(H,21,22)(H,23,24). The van der Waals surface area contributed by atoms with Crippen LogP contribution in [0.15, 0.2) is 36.4 Å². The summed E-state index contributed by atoms with van der Waals surface area (Å²) in [5, 5.41) is 39.9. The normalized spacial score (nSPS) is 10.2. The number of para-hydroxylation sites is 1. The molecule has 0 heterocycles. The van der Waals surface area contributed by atoms with Gasteiger partial charge in [-0.05, 0) is 23.8 Å². The van der Waals surface area contributed by atoms with Gasteiger partial charge in [0, 0.05) is 11.3 Å². The number of aliphatic carboxylic acids is 2. The van der Waals surface area contributed by atoms with Crippen LogP contribution in [0.3, 0.4) is 0 Å². The number of hydrogen-bond donors (Lipinski definition) is 5. The van der Waals surface area contributed by atoms with Crippen molar-refractivity contribution in [1.29, 1.82) is 0 Å². The van der Waals surface area contributed by atoms with E-state index in [0.29, 0.717) is 5.56 Å². The lowest BCUT2D eigenvalue weighted by Crippen LogP contribution is -2.15. The lowest BCUT2D eigenvalue weighted by molar-refractivity contribution is -0.137. The van der Waals surface area contributed by atoms with Crippen LogP contribution in [0, 0.1) is 0 Å². The molecule has 130 valence electrons. The second kappa shape index (κ2) is 7.35. The number of carboxylic acid groups (broad SMARTS) is 2. The minimum atomic E-state index is -1.20. The highest BCUT2D eigenvalue weighted by atomic mass is 16.4. The number of phenolic OH excluding ortho intramolecular Hbond substituents is 2. The number of hydrogen-bond acceptors (Lipinski definition) is 5. The third-order valence-electron chi connectivity index (χ3n) is 3.39. The first kappa shape index (κ1) is 17.8. The van der Waals surface area contributed by atoms with Crippen molar-refractivity contribution in [3.63, 3.8) is 0 Å². The zero-order valence-corrected chi connectivity index (χ0v) is 12.9. The second-order valence-electron chi connectivity index (χ2n) is 5.25. The van der Waals surface area contributed by atoms with E-state index in [1.165, 1.54) is 12.1 Å². The molecule has 0 aromatic heterocycles. The molecule has 2 aromatic carbocycles. The summed E-state index contributed by atoms with van der Waals surface area (Å²) in [5.74, 6) is -3.98. The van der Waals surface area contributed by atoms with E-state index in [0.717, 1.165) is 12.1 Å². The largest absolute Gasteiger partial charge is 0.508 e. The Bertz CT molecular complexity index is 845. The molecule has 8 heteroatoms. The van der Waals surface area contributed by atoms with E-state index in [9.17, 15) is 24.6 Å². The lowest BCUT2D eigenvalue weighted by atomic mass is 10.0. The highest BCUT2D eigenvalue weighted by molar-refractivity contribution is 6.07. The molecule has 0 saturated carbocycles. The molecule has 0 bridgehead atoms. The van der Waals surface area contributed by atoms with Gasteiger partial charge in [0.2, 0.25) is 0 Å². The number of nitrogens with one attached hydrogen (secondary N) is 1. The van der Waals surface area contributed by atoms with Crippen molar-refractivity contribution in [2.24, 2.45) is 0 Å². The molecule has 0 fully saturated rings. The van der Waals surface area contributed by atoms with E-state index in [-0.39, 0.29) is 23.2 Å². The van der Waals surface area contributed by atoms with Crippen LogP contribution in [0.25, 0.3) is 0 Å². The number of carbonyl (C=O) groups excluding carboxylic acids is 1. The number of carbonyl (C=O) groups is 3. The lowest BCUT2D eigenvalue weighted by Gasteiger charge is -2.12. The highest BCUT2D eigenvalue weighted by Gasteiger charge is 2.18. The second-order valence-corrected chi connectivity index (χ2v) is 5.25. The smallest absolute Gasteiger partial charge is 0.307 e. The quantitative estimate of drug-likeness (QED) is 0.500. The summed E-state index contributed by atoms with van der Waals surface area (Å²) < 4.78 is 0. The molecule has 2 rings (SSSR count). The summed E-state index contributed by atoms with van der Waals surface area (Å²) in [5.41, 5.74) is 0.322. The van der Waals surface area contributed by atoms with Gasteiger partial charge in [0.1, 0.15) is 11.5 Å². The number of anilines is 1. The molecule has 2 aromatic rings. The number of amides is 1. The number of phenols is 2. The van der Waals surface area contributed by atoms with Gasteiger partial charge < -0.3 is 25.7 Å². The summed E-state index contributed by atoms with van der Waals surface area (Å²) >= 11 is 0. The third kappa shape index (κ3) is 4.47. The molecule has 0 saturated heterocycles. The number of carboxylic acids is 2. The zero-order chi connectivity index (χ0) is 18.6. The fourth-order valence-corrected chi connectivity index (χ4v) is 2.26. The highest BCUT2D eigenvalue weighted by Crippen LogP contribution is 2.29. The first-order valence-electron chi connectivity index (χ1n) is 7.15. The molecule has 0 atom stereocenters. The molecule has 0 aliphatic rings. The maximum atomic E-state index is 12.3. The Hall–Kier alpha value is -3.55. The Morgan fingerprint density at radius 3 is 2.08 bits per heavy atom. The monoisotopic (exact) mass is 345 g/mol. The average Bonchev–Trinajstić information content (AvgIpc) is 2.51. The van der Waals surface area contributed by atoms with E-state index in [1.807, 2.05) is 0 Å². The van der Waals surface area contributed by atoms with Crippen molar-refractivity contribution >= 4 is 23.5 Å². The van der Waals surface area contributed by atoms with Crippen LogP contribution in [0.5, 0.6) is 11.5 Å². The van der Waals surface area contributed by atoms with Crippen molar-refractivity contribution < 1.29 is 34.8 Å². The minimum absolute atomic E-state index is 0.0344. The Kier molecular flexibility index (Phi) is 5.23. The maximum Gasteiger partial charge on any atom is 0.307 e. The van der Waals surface area contributed by atoms with Gasteiger partial charge in [-0.25, -0.2) is 0 Å². The van der Waals surface area contributed by atoms with Crippen LogP contribution in [0.1, 0.15) is 21.5 Å². The van der Waals surface area contributed by atoms with Crippen LogP contribution in [0.4, 0.5) is 5.69 Å². The van der Waals surface area contributed by atoms with Crippen LogP contribution < -0.4 is 5.32 Å². The molecule has 1 amide bonds. The topological polar surface area (TPSA) is 144 Å². The van der Waals surface area contributed by atoms with E-state index >= 15 is 0 Å². The summed E-state index contributed by atoms with van der Waals surface area (Å²) in [6, 6.07) is 8.24. The maximum absolute atomic E-state index is 12.3.